The molecule has 0 unspecified atom stereocenters. The maximum atomic E-state index is 5.98. The van der Waals surface area contributed by atoms with E-state index in [-0.39, 0.29) is 0 Å². The molecule has 16 heavy (non-hydrogen) atoms. The van der Waals surface area contributed by atoms with Gasteiger partial charge < -0.3 is 9.15 Å². The zero-order valence-electron chi connectivity index (χ0n) is 8.04. The van der Waals surface area contributed by atoms with Crippen molar-refractivity contribution in [1.82, 2.24) is 0 Å². The molecule has 84 valence electrons. The van der Waals surface area contributed by atoms with Crippen molar-refractivity contribution in [3.05, 3.63) is 50.3 Å². The van der Waals surface area contributed by atoms with Gasteiger partial charge in [0.15, 0.2) is 4.67 Å². The van der Waals surface area contributed by atoms with Gasteiger partial charge in [0.2, 0.25) is 0 Å². The van der Waals surface area contributed by atoms with E-state index in [0.29, 0.717) is 22.0 Å². The SMILES string of the molecule is Clc1ccc(Br)cc1OCc1ccc(Br)o1. The zero-order valence-corrected chi connectivity index (χ0v) is 12.0. The Labute approximate surface area is 115 Å². The van der Waals surface area contributed by atoms with Crippen LogP contribution in [0.25, 0.3) is 0 Å². The Balaban J connectivity index is 2.07. The number of halogens is 3. The lowest BCUT2D eigenvalue weighted by atomic mass is 10.3. The van der Waals surface area contributed by atoms with E-state index in [1.54, 1.807) is 6.07 Å². The first-order valence-electron chi connectivity index (χ1n) is 4.47. The molecule has 0 N–H and O–H groups in total. The first-order chi connectivity index (χ1) is 7.65. The first kappa shape index (κ1) is 12.0. The minimum absolute atomic E-state index is 0.349. The van der Waals surface area contributed by atoms with Crippen molar-refractivity contribution in [1.29, 1.82) is 0 Å². The Morgan fingerprint density at radius 2 is 2.00 bits per heavy atom. The van der Waals surface area contributed by atoms with Crippen LogP contribution in [-0.2, 0) is 6.61 Å². The molecule has 2 rings (SSSR count). The van der Waals surface area contributed by atoms with Crippen molar-refractivity contribution in [2.75, 3.05) is 0 Å². The summed E-state index contributed by atoms with van der Waals surface area (Å²) < 4.78 is 12.5. The molecule has 0 fully saturated rings. The van der Waals surface area contributed by atoms with Crippen LogP contribution >= 0.6 is 43.5 Å². The largest absolute Gasteiger partial charge is 0.484 e. The Bertz CT molecular complexity index is 496. The molecular weight excluding hydrogens is 359 g/mol. The quantitative estimate of drug-likeness (QED) is 0.760. The maximum Gasteiger partial charge on any atom is 0.169 e. The van der Waals surface area contributed by atoms with Crippen LogP contribution in [0.15, 0.2) is 43.9 Å². The van der Waals surface area contributed by atoms with E-state index < -0.39 is 0 Å². The lowest BCUT2D eigenvalue weighted by molar-refractivity contribution is 0.268. The Hall–Kier alpha value is -0.450. The molecule has 0 aliphatic carbocycles. The number of ether oxygens (including phenoxy) is 1. The lowest BCUT2D eigenvalue weighted by Crippen LogP contribution is -1.94. The minimum atomic E-state index is 0.349. The van der Waals surface area contributed by atoms with Gasteiger partial charge in [0.1, 0.15) is 18.1 Å². The molecule has 2 nitrogen and oxygen atoms in total. The molecule has 0 saturated heterocycles. The fourth-order valence-electron chi connectivity index (χ4n) is 1.17. The van der Waals surface area contributed by atoms with Gasteiger partial charge in [0.25, 0.3) is 0 Å². The second-order valence-corrected chi connectivity index (χ2v) is 5.17. The van der Waals surface area contributed by atoms with Gasteiger partial charge >= 0.3 is 0 Å². The monoisotopic (exact) mass is 364 g/mol. The molecule has 1 heterocycles. The van der Waals surface area contributed by atoms with Crippen molar-refractivity contribution >= 4 is 43.5 Å². The van der Waals surface area contributed by atoms with Gasteiger partial charge in [0, 0.05) is 4.47 Å². The average Bonchev–Trinajstić information content (AvgIpc) is 2.66. The third-order valence-electron chi connectivity index (χ3n) is 1.89. The van der Waals surface area contributed by atoms with E-state index in [1.165, 1.54) is 0 Å². The molecule has 0 spiro atoms. The van der Waals surface area contributed by atoms with Crippen molar-refractivity contribution in [2.45, 2.75) is 6.61 Å². The van der Waals surface area contributed by atoms with Gasteiger partial charge in [-0.2, -0.15) is 0 Å². The third kappa shape index (κ3) is 3.03. The van der Waals surface area contributed by atoms with Gasteiger partial charge in [-0.05, 0) is 46.3 Å². The molecule has 2 aromatic rings. The predicted octanol–water partition coefficient (Wildman–Crippen LogP) is 5.04. The highest BCUT2D eigenvalue weighted by Gasteiger charge is 2.05. The summed E-state index contributed by atoms with van der Waals surface area (Å²) in [6.07, 6.45) is 0. The van der Waals surface area contributed by atoms with E-state index in [4.69, 9.17) is 20.8 Å². The summed E-state index contributed by atoms with van der Waals surface area (Å²) in [6, 6.07) is 9.12. The van der Waals surface area contributed by atoms with Gasteiger partial charge in [-0.25, -0.2) is 0 Å². The molecule has 0 amide bonds. The van der Waals surface area contributed by atoms with Crippen LogP contribution in [0.1, 0.15) is 5.76 Å². The van der Waals surface area contributed by atoms with Crippen LogP contribution < -0.4 is 4.74 Å². The number of furan rings is 1. The van der Waals surface area contributed by atoms with Crippen molar-refractivity contribution in [3.8, 4) is 5.75 Å². The fraction of sp³-hybridized carbons (Fsp3) is 0.0909. The lowest BCUT2D eigenvalue weighted by Gasteiger charge is -2.06. The van der Waals surface area contributed by atoms with Gasteiger partial charge in [-0.15, -0.1) is 0 Å². The highest BCUT2D eigenvalue weighted by atomic mass is 79.9. The summed E-state index contributed by atoms with van der Waals surface area (Å²) in [5.41, 5.74) is 0. The Kier molecular flexibility index (Phi) is 3.95. The van der Waals surface area contributed by atoms with Crippen molar-refractivity contribution in [3.63, 3.8) is 0 Å². The van der Waals surface area contributed by atoms with Crippen molar-refractivity contribution in [2.24, 2.45) is 0 Å². The molecule has 0 aliphatic heterocycles. The molecule has 1 aromatic carbocycles. The summed E-state index contributed by atoms with van der Waals surface area (Å²) >= 11 is 12.6. The Morgan fingerprint density at radius 1 is 1.19 bits per heavy atom. The summed E-state index contributed by atoms with van der Waals surface area (Å²) in [5, 5.41) is 0.578. The molecule has 1 aromatic heterocycles. The predicted molar refractivity (Wildman–Crippen MR) is 69.9 cm³/mol. The molecule has 0 atom stereocenters. The van der Waals surface area contributed by atoms with E-state index >= 15 is 0 Å². The molecular formula is C11H7Br2ClO2. The smallest absolute Gasteiger partial charge is 0.169 e. The average molecular weight is 366 g/mol. The van der Waals surface area contributed by atoms with E-state index in [1.807, 2.05) is 24.3 Å². The van der Waals surface area contributed by atoms with Gasteiger partial charge in [-0.1, -0.05) is 27.5 Å². The molecule has 0 bridgehead atoms. The summed E-state index contributed by atoms with van der Waals surface area (Å²) in [6.45, 7) is 0.349. The normalized spacial score (nSPS) is 10.4. The summed E-state index contributed by atoms with van der Waals surface area (Å²) in [5.74, 6) is 1.37. The number of rotatable bonds is 3. The third-order valence-corrected chi connectivity index (χ3v) is 3.12. The van der Waals surface area contributed by atoms with E-state index in [2.05, 4.69) is 31.9 Å². The van der Waals surface area contributed by atoms with Crippen LogP contribution in [0.2, 0.25) is 5.02 Å². The molecule has 0 radical (unpaired) electrons. The summed E-state index contributed by atoms with van der Waals surface area (Å²) in [7, 11) is 0. The second-order valence-electron chi connectivity index (χ2n) is 3.07. The van der Waals surface area contributed by atoms with Gasteiger partial charge in [0.05, 0.1) is 5.02 Å². The van der Waals surface area contributed by atoms with Crippen LogP contribution in [-0.4, -0.2) is 0 Å². The highest BCUT2D eigenvalue weighted by molar-refractivity contribution is 9.10. The van der Waals surface area contributed by atoms with Crippen LogP contribution in [0, 0.1) is 0 Å². The fourth-order valence-corrected chi connectivity index (χ4v) is 2.02. The zero-order chi connectivity index (χ0) is 11.5. The topological polar surface area (TPSA) is 22.4 Å². The Morgan fingerprint density at radius 3 is 2.69 bits per heavy atom. The number of hydrogen-bond acceptors (Lipinski definition) is 2. The number of hydrogen-bond donors (Lipinski definition) is 0. The first-order valence-corrected chi connectivity index (χ1v) is 6.43. The maximum absolute atomic E-state index is 5.98. The van der Waals surface area contributed by atoms with Crippen LogP contribution in [0.4, 0.5) is 0 Å². The second kappa shape index (κ2) is 5.25. The van der Waals surface area contributed by atoms with Gasteiger partial charge in [-0.3, -0.25) is 0 Å². The molecule has 5 heteroatoms. The van der Waals surface area contributed by atoms with Crippen molar-refractivity contribution < 1.29 is 9.15 Å². The van der Waals surface area contributed by atoms with E-state index in [9.17, 15) is 0 Å². The van der Waals surface area contributed by atoms with E-state index in [0.717, 1.165) is 10.2 Å². The highest BCUT2D eigenvalue weighted by Crippen LogP contribution is 2.28. The summed E-state index contributed by atoms with van der Waals surface area (Å²) in [4.78, 5) is 0. The van der Waals surface area contributed by atoms with Crippen LogP contribution in [0.5, 0.6) is 5.75 Å². The standard InChI is InChI=1S/C11H7Br2ClO2/c12-7-1-3-9(14)10(5-7)15-6-8-2-4-11(13)16-8/h1-5H,6H2. The van der Waals surface area contributed by atoms with Crippen LogP contribution in [0.3, 0.4) is 0 Å². The number of benzene rings is 1. The minimum Gasteiger partial charge on any atom is -0.484 e. The molecule has 0 aliphatic rings. The molecule has 0 saturated carbocycles.